The highest BCUT2D eigenvalue weighted by molar-refractivity contribution is 5.89. The lowest BCUT2D eigenvalue weighted by molar-refractivity contribution is 0.0583. The van der Waals surface area contributed by atoms with Crippen LogP contribution in [0, 0.1) is 0 Å². The first-order valence-corrected chi connectivity index (χ1v) is 4.10. The first-order valence-electron chi connectivity index (χ1n) is 4.10. The van der Waals surface area contributed by atoms with E-state index in [2.05, 4.69) is 14.7 Å². The number of esters is 1. The van der Waals surface area contributed by atoms with Crippen LogP contribution < -0.4 is 0 Å². The van der Waals surface area contributed by atoms with Crippen LogP contribution in [-0.2, 0) is 11.8 Å². The average Bonchev–Trinajstić information content (AvgIpc) is 2.56. The fourth-order valence-electron chi connectivity index (χ4n) is 1.30. The Hall–Kier alpha value is -1.91. The topological polar surface area (TPSA) is 57.0 Å². The van der Waals surface area contributed by atoms with Gasteiger partial charge in [0.25, 0.3) is 0 Å². The minimum absolute atomic E-state index is 0.265. The lowest BCUT2D eigenvalue weighted by Crippen LogP contribution is -2.08. The van der Waals surface area contributed by atoms with Gasteiger partial charge in [-0.1, -0.05) is 0 Å². The number of aryl methyl sites for hydroxylation is 1. The van der Waals surface area contributed by atoms with Gasteiger partial charge in [-0.2, -0.15) is 0 Å². The molecule has 0 radical (unpaired) electrons. The molecule has 0 aliphatic carbocycles. The Balaban J connectivity index is 2.68. The summed E-state index contributed by atoms with van der Waals surface area (Å²) in [5, 5.41) is 0. The smallest absolute Gasteiger partial charge is 0.374 e. The van der Waals surface area contributed by atoms with Crippen molar-refractivity contribution < 1.29 is 9.53 Å². The third kappa shape index (κ3) is 1.14. The molecule has 0 aromatic carbocycles. The van der Waals surface area contributed by atoms with Crippen molar-refractivity contribution >= 4 is 17.1 Å². The highest BCUT2D eigenvalue weighted by atomic mass is 16.5. The number of nitrogens with zero attached hydrogens (tertiary/aromatic N) is 3. The molecule has 2 rings (SSSR count). The Kier molecular flexibility index (Phi) is 1.92. The van der Waals surface area contributed by atoms with Gasteiger partial charge in [-0.15, -0.1) is 0 Å². The normalized spacial score (nSPS) is 10.4. The van der Waals surface area contributed by atoms with Gasteiger partial charge in [-0.05, 0) is 12.1 Å². The first-order chi connectivity index (χ1) is 6.74. The van der Waals surface area contributed by atoms with E-state index in [-0.39, 0.29) is 5.82 Å². The molecule has 0 spiro atoms. The highest BCUT2D eigenvalue weighted by Gasteiger charge is 2.15. The fraction of sp³-hybridized carbons (Fsp3) is 0.222. The van der Waals surface area contributed by atoms with E-state index in [1.165, 1.54) is 7.11 Å². The van der Waals surface area contributed by atoms with E-state index in [9.17, 15) is 4.79 Å². The molecule has 2 aromatic heterocycles. The monoisotopic (exact) mass is 191 g/mol. The van der Waals surface area contributed by atoms with Crippen molar-refractivity contribution in [3.63, 3.8) is 0 Å². The Morgan fingerprint density at radius 3 is 3.00 bits per heavy atom. The number of aromatic nitrogens is 3. The molecule has 0 saturated heterocycles. The summed E-state index contributed by atoms with van der Waals surface area (Å²) < 4.78 is 6.26. The number of imidazole rings is 1. The van der Waals surface area contributed by atoms with Crippen LogP contribution >= 0.6 is 0 Å². The molecular weight excluding hydrogens is 182 g/mol. The summed E-state index contributed by atoms with van der Waals surface area (Å²) in [7, 11) is 3.08. The maximum Gasteiger partial charge on any atom is 0.374 e. The minimum Gasteiger partial charge on any atom is -0.463 e. The Labute approximate surface area is 80.3 Å². The summed E-state index contributed by atoms with van der Waals surface area (Å²) in [6.45, 7) is 0. The zero-order chi connectivity index (χ0) is 10.1. The number of carbonyl (C=O) groups is 1. The summed E-state index contributed by atoms with van der Waals surface area (Å²) in [6, 6.07) is 3.65. The molecule has 0 aliphatic rings. The zero-order valence-electron chi connectivity index (χ0n) is 7.89. The van der Waals surface area contributed by atoms with E-state index in [1.54, 1.807) is 23.9 Å². The van der Waals surface area contributed by atoms with Crippen LogP contribution in [0.15, 0.2) is 18.3 Å². The Bertz CT molecular complexity index is 490. The largest absolute Gasteiger partial charge is 0.463 e. The van der Waals surface area contributed by atoms with Crippen LogP contribution in [-0.4, -0.2) is 27.6 Å². The van der Waals surface area contributed by atoms with E-state index in [1.807, 2.05) is 6.07 Å². The number of carbonyl (C=O) groups excluding carboxylic acids is 1. The summed E-state index contributed by atoms with van der Waals surface area (Å²) in [4.78, 5) is 19.4. The number of hydrogen-bond donors (Lipinski definition) is 0. The predicted octanol–water partition coefficient (Wildman–Crippen LogP) is 0.755. The molecule has 0 aliphatic heterocycles. The van der Waals surface area contributed by atoms with E-state index in [0.717, 1.165) is 5.52 Å². The first kappa shape index (κ1) is 8.68. The Morgan fingerprint density at radius 2 is 2.36 bits per heavy atom. The summed E-state index contributed by atoms with van der Waals surface area (Å²) >= 11 is 0. The van der Waals surface area contributed by atoms with Gasteiger partial charge in [0.05, 0.1) is 12.6 Å². The van der Waals surface area contributed by atoms with Crippen LogP contribution in [0.25, 0.3) is 11.2 Å². The molecule has 0 atom stereocenters. The Morgan fingerprint density at radius 1 is 1.57 bits per heavy atom. The highest BCUT2D eigenvalue weighted by Crippen LogP contribution is 2.11. The van der Waals surface area contributed by atoms with Crippen LogP contribution in [0.4, 0.5) is 0 Å². The van der Waals surface area contributed by atoms with Crippen molar-refractivity contribution in [2.75, 3.05) is 7.11 Å². The van der Waals surface area contributed by atoms with E-state index in [4.69, 9.17) is 0 Å². The number of pyridine rings is 1. The van der Waals surface area contributed by atoms with Crippen molar-refractivity contribution in [2.45, 2.75) is 0 Å². The van der Waals surface area contributed by atoms with Crippen LogP contribution in [0.3, 0.4) is 0 Å². The van der Waals surface area contributed by atoms with Crippen LogP contribution in [0.1, 0.15) is 10.6 Å². The van der Waals surface area contributed by atoms with Crippen molar-refractivity contribution in [3.05, 3.63) is 24.2 Å². The summed E-state index contributed by atoms with van der Waals surface area (Å²) in [5.41, 5.74) is 1.36. The standard InChI is InChI=1S/C9H9N3O2/c1-12-6-4-3-5-10-7(6)11-8(12)9(13)14-2/h3-5H,1-2H3. The van der Waals surface area contributed by atoms with Gasteiger partial charge in [0.15, 0.2) is 5.65 Å². The molecule has 0 bridgehead atoms. The molecule has 0 unspecified atom stereocenters. The van der Waals surface area contributed by atoms with Gasteiger partial charge in [-0.25, -0.2) is 14.8 Å². The van der Waals surface area contributed by atoms with Crippen molar-refractivity contribution in [3.8, 4) is 0 Å². The van der Waals surface area contributed by atoms with Gasteiger partial charge < -0.3 is 9.30 Å². The van der Waals surface area contributed by atoms with Gasteiger partial charge in [0, 0.05) is 13.2 Å². The molecule has 14 heavy (non-hydrogen) atoms. The summed E-state index contributed by atoms with van der Waals surface area (Å²) in [6.07, 6.45) is 1.64. The zero-order valence-corrected chi connectivity index (χ0v) is 7.89. The maximum absolute atomic E-state index is 11.3. The molecule has 5 heteroatoms. The van der Waals surface area contributed by atoms with E-state index in [0.29, 0.717) is 5.65 Å². The quantitative estimate of drug-likeness (QED) is 0.624. The van der Waals surface area contributed by atoms with Gasteiger partial charge in [0.1, 0.15) is 0 Å². The number of fused-ring (bicyclic) bond motifs is 1. The van der Waals surface area contributed by atoms with Crippen molar-refractivity contribution in [1.82, 2.24) is 14.5 Å². The lowest BCUT2D eigenvalue weighted by atomic mass is 10.4. The van der Waals surface area contributed by atoms with Gasteiger partial charge in [0.2, 0.25) is 5.82 Å². The minimum atomic E-state index is -0.453. The van der Waals surface area contributed by atoms with E-state index < -0.39 is 5.97 Å². The molecule has 0 amide bonds. The number of ether oxygens (including phenoxy) is 1. The number of hydrogen-bond acceptors (Lipinski definition) is 4. The molecule has 2 aromatic rings. The second kappa shape index (κ2) is 3.10. The second-order valence-corrected chi connectivity index (χ2v) is 2.83. The van der Waals surface area contributed by atoms with Crippen LogP contribution in [0.2, 0.25) is 0 Å². The average molecular weight is 191 g/mol. The van der Waals surface area contributed by atoms with Gasteiger partial charge in [-0.3, -0.25) is 0 Å². The molecule has 0 saturated carbocycles. The molecular formula is C9H9N3O2. The lowest BCUT2D eigenvalue weighted by Gasteiger charge is -1.98. The molecule has 0 fully saturated rings. The fourth-order valence-corrected chi connectivity index (χ4v) is 1.30. The molecule has 72 valence electrons. The number of rotatable bonds is 1. The second-order valence-electron chi connectivity index (χ2n) is 2.83. The van der Waals surface area contributed by atoms with Crippen LogP contribution in [0.5, 0.6) is 0 Å². The SMILES string of the molecule is COC(=O)c1nc2ncccc2n1C. The van der Waals surface area contributed by atoms with Gasteiger partial charge >= 0.3 is 5.97 Å². The van der Waals surface area contributed by atoms with Crippen molar-refractivity contribution in [2.24, 2.45) is 7.05 Å². The molecule has 5 nitrogen and oxygen atoms in total. The maximum atomic E-state index is 11.3. The number of methoxy groups -OCH3 is 1. The predicted molar refractivity (Wildman–Crippen MR) is 49.8 cm³/mol. The third-order valence-corrected chi connectivity index (χ3v) is 2.02. The van der Waals surface area contributed by atoms with E-state index >= 15 is 0 Å². The van der Waals surface area contributed by atoms with Crippen molar-refractivity contribution in [1.29, 1.82) is 0 Å². The third-order valence-electron chi connectivity index (χ3n) is 2.02. The molecule has 2 heterocycles. The summed E-state index contributed by atoms with van der Waals surface area (Å²) in [5.74, 6) is -0.188. The molecule has 0 N–H and O–H groups in total.